The highest BCUT2D eigenvalue weighted by Gasteiger charge is 2.40. The Morgan fingerprint density at radius 1 is 1.11 bits per heavy atom. The van der Waals surface area contributed by atoms with Crippen molar-refractivity contribution < 1.29 is 9.90 Å². The van der Waals surface area contributed by atoms with Crippen molar-refractivity contribution >= 4 is 5.97 Å². The molecule has 1 saturated heterocycles. The summed E-state index contributed by atoms with van der Waals surface area (Å²) in [6.07, 6.45) is 9.81. The zero-order valence-corrected chi connectivity index (χ0v) is 11.2. The summed E-state index contributed by atoms with van der Waals surface area (Å²) in [5.74, 6) is -0.820. The van der Waals surface area contributed by atoms with Crippen molar-refractivity contribution in [2.75, 3.05) is 13.1 Å². The Kier molecular flexibility index (Phi) is 4.62. The summed E-state index contributed by atoms with van der Waals surface area (Å²) >= 11 is 0. The van der Waals surface area contributed by atoms with Gasteiger partial charge in [0.25, 0.3) is 0 Å². The van der Waals surface area contributed by atoms with Gasteiger partial charge in [-0.2, -0.15) is 0 Å². The van der Waals surface area contributed by atoms with Gasteiger partial charge in [0.2, 0.25) is 0 Å². The van der Waals surface area contributed by atoms with Gasteiger partial charge in [0.15, 0.2) is 0 Å². The van der Waals surface area contributed by atoms with Crippen molar-refractivity contribution in [1.82, 2.24) is 4.90 Å². The van der Waals surface area contributed by atoms with Gasteiger partial charge in [-0.1, -0.05) is 19.3 Å². The SMILES string of the molecule is NC1(C(=O)O)CCCC(N2CCCCCCC2)C1. The Balaban J connectivity index is 1.96. The van der Waals surface area contributed by atoms with Gasteiger partial charge in [-0.25, -0.2) is 0 Å². The predicted molar refractivity (Wildman–Crippen MR) is 71.5 cm³/mol. The van der Waals surface area contributed by atoms with E-state index in [1.165, 1.54) is 32.1 Å². The van der Waals surface area contributed by atoms with Crippen molar-refractivity contribution in [3.8, 4) is 0 Å². The Bertz CT molecular complexity index is 288. The van der Waals surface area contributed by atoms with E-state index in [9.17, 15) is 9.90 Å². The van der Waals surface area contributed by atoms with Crippen LogP contribution in [-0.2, 0) is 4.79 Å². The number of hydrogen-bond donors (Lipinski definition) is 2. The molecule has 2 atom stereocenters. The summed E-state index contributed by atoms with van der Waals surface area (Å²) in [6.45, 7) is 2.25. The fourth-order valence-electron chi connectivity index (χ4n) is 3.42. The molecule has 1 aliphatic heterocycles. The molecule has 2 aliphatic rings. The van der Waals surface area contributed by atoms with Crippen molar-refractivity contribution in [3.05, 3.63) is 0 Å². The lowest BCUT2D eigenvalue weighted by Gasteiger charge is -2.41. The number of carboxylic acids is 1. The summed E-state index contributed by atoms with van der Waals surface area (Å²) in [6, 6.07) is 0.387. The van der Waals surface area contributed by atoms with Gasteiger partial charge >= 0.3 is 5.97 Å². The summed E-state index contributed by atoms with van der Waals surface area (Å²) in [5.41, 5.74) is 5.06. The summed E-state index contributed by atoms with van der Waals surface area (Å²) in [5, 5.41) is 9.27. The van der Waals surface area contributed by atoms with Crippen molar-refractivity contribution in [2.24, 2.45) is 5.73 Å². The highest BCUT2D eigenvalue weighted by molar-refractivity contribution is 5.78. The first-order valence-electron chi connectivity index (χ1n) is 7.38. The number of likely N-dealkylation sites (tertiary alicyclic amines) is 1. The number of rotatable bonds is 2. The molecule has 2 fully saturated rings. The molecule has 0 spiro atoms. The van der Waals surface area contributed by atoms with Gasteiger partial charge in [-0.15, -0.1) is 0 Å². The molecule has 104 valence electrons. The lowest BCUT2D eigenvalue weighted by molar-refractivity contribution is -0.145. The number of nitrogens with two attached hydrogens (primary N) is 1. The fraction of sp³-hybridized carbons (Fsp3) is 0.929. The van der Waals surface area contributed by atoms with Crippen LogP contribution in [0.3, 0.4) is 0 Å². The van der Waals surface area contributed by atoms with E-state index in [-0.39, 0.29) is 0 Å². The number of carboxylic acid groups (broad SMARTS) is 1. The number of aliphatic carboxylic acids is 1. The van der Waals surface area contributed by atoms with Crippen LogP contribution < -0.4 is 5.73 Å². The van der Waals surface area contributed by atoms with Gasteiger partial charge in [0.05, 0.1) is 0 Å². The Hall–Kier alpha value is -0.610. The molecule has 0 amide bonds. The first kappa shape index (κ1) is 13.8. The van der Waals surface area contributed by atoms with E-state index in [1.807, 2.05) is 0 Å². The van der Waals surface area contributed by atoms with Crippen LogP contribution in [0.1, 0.15) is 57.8 Å². The number of nitrogens with zero attached hydrogens (tertiary/aromatic N) is 1. The molecule has 4 heteroatoms. The van der Waals surface area contributed by atoms with E-state index in [0.717, 1.165) is 25.9 Å². The van der Waals surface area contributed by atoms with E-state index in [0.29, 0.717) is 18.9 Å². The first-order chi connectivity index (χ1) is 8.62. The van der Waals surface area contributed by atoms with Crippen LogP contribution in [0.15, 0.2) is 0 Å². The minimum atomic E-state index is -0.981. The van der Waals surface area contributed by atoms with Gasteiger partial charge in [0.1, 0.15) is 5.54 Å². The second kappa shape index (κ2) is 6.02. The average molecular weight is 254 g/mol. The molecule has 0 aromatic heterocycles. The van der Waals surface area contributed by atoms with Gasteiger partial charge in [-0.05, 0) is 51.6 Å². The second-order valence-corrected chi connectivity index (χ2v) is 6.02. The Labute approximate surface area is 110 Å². The summed E-state index contributed by atoms with van der Waals surface area (Å²) in [7, 11) is 0. The molecular formula is C14H26N2O2. The van der Waals surface area contributed by atoms with Crippen molar-refractivity contribution in [3.63, 3.8) is 0 Å². The predicted octanol–water partition coefficient (Wildman–Crippen LogP) is 1.98. The number of hydrogen-bond acceptors (Lipinski definition) is 3. The average Bonchev–Trinajstić information content (AvgIpc) is 2.28. The molecule has 18 heavy (non-hydrogen) atoms. The van der Waals surface area contributed by atoms with Gasteiger partial charge in [0, 0.05) is 6.04 Å². The standard InChI is InChI=1S/C14H26N2O2/c15-14(13(17)18)8-6-7-12(11-14)16-9-4-2-1-3-5-10-16/h12H,1-11,15H2,(H,17,18). The second-order valence-electron chi connectivity index (χ2n) is 6.02. The van der Waals surface area contributed by atoms with Crippen LogP contribution in [0, 0.1) is 0 Å². The molecule has 2 rings (SSSR count). The molecule has 3 N–H and O–H groups in total. The van der Waals surface area contributed by atoms with Crippen LogP contribution in [0.5, 0.6) is 0 Å². The highest BCUT2D eigenvalue weighted by Crippen LogP contribution is 2.30. The number of carbonyl (C=O) groups is 1. The van der Waals surface area contributed by atoms with Crippen LogP contribution >= 0.6 is 0 Å². The monoisotopic (exact) mass is 254 g/mol. The van der Waals surface area contributed by atoms with E-state index < -0.39 is 11.5 Å². The molecule has 1 saturated carbocycles. The fourth-order valence-corrected chi connectivity index (χ4v) is 3.42. The third-order valence-electron chi connectivity index (χ3n) is 4.59. The summed E-state index contributed by atoms with van der Waals surface area (Å²) in [4.78, 5) is 13.8. The zero-order valence-electron chi connectivity index (χ0n) is 11.2. The zero-order chi connectivity index (χ0) is 13.0. The highest BCUT2D eigenvalue weighted by atomic mass is 16.4. The first-order valence-corrected chi connectivity index (χ1v) is 7.38. The van der Waals surface area contributed by atoms with E-state index in [2.05, 4.69) is 4.90 Å². The third-order valence-corrected chi connectivity index (χ3v) is 4.59. The molecule has 0 aromatic carbocycles. The molecule has 1 aliphatic carbocycles. The molecule has 1 heterocycles. The minimum Gasteiger partial charge on any atom is -0.480 e. The Morgan fingerprint density at radius 2 is 1.72 bits per heavy atom. The largest absolute Gasteiger partial charge is 0.480 e. The topological polar surface area (TPSA) is 66.6 Å². The van der Waals surface area contributed by atoms with Gasteiger partial charge in [-0.3, -0.25) is 4.79 Å². The van der Waals surface area contributed by atoms with Crippen LogP contribution in [0.25, 0.3) is 0 Å². The maximum Gasteiger partial charge on any atom is 0.323 e. The smallest absolute Gasteiger partial charge is 0.323 e. The van der Waals surface area contributed by atoms with E-state index in [1.54, 1.807) is 0 Å². The molecule has 0 aromatic rings. The van der Waals surface area contributed by atoms with Crippen LogP contribution in [-0.4, -0.2) is 40.6 Å². The quantitative estimate of drug-likeness (QED) is 0.790. The Morgan fingerprint density at radius 3 is 2.33 bits per heavy atom. The third kappa shape index (κ3) is 3.23. The minimum absolute atomic E-state index is 0.387. The lowest BCUT2D eigenvalue weighted by Crippen LogP contribution is -2.56. The van der Waals surface area contributed by atoms with Crippen molar-refractivity contribution in [2.45, 2.75) is 69.4 Å². The van der Waals surface area contributed by atoms with E-state index >= 15 is 0 Å². The van der Waals surface area contributed by atoms with Crippen LogP contribution in [0.4, 0.5) is 0 Å². The molecule has 0 radical (unpaired) electrons. The van der Waals surface area contributed by atoms with Crippen LogP contribution in [0.2, 0.25) is 0 Å². The maximum absolute atomic E-state index is 11.3. The molecule has 2 unspecified atom stereocenters. The molecule has 0 bridgehead atoms. The molecule has 4 nitrogen and oxygen atoms in total. The van der Waals surface area contributed by atoms with E-state index in [4.69, 9.17) is 5.73 Å². The maximum atomic E-state index is 11.3. The summed E-state index contributed by atoms with van der Waals surface area (Å²) < 4.78 is 0. The normalized spacial score (nSPS) is 35.7. The lowest BCUT2D eigenvalue weighted by atomic mass is 9.79. The van der Waals surface area contributed by atoms with Crippen molar-refractivity contribution in [1.29, 1.82) is 0 Å². The van der Waals surface area contributed by atoms with Gasteiger partial charge < -0.3 is 15.7 Å². The molecular weight excluding hydrogens is 228 g/mol.